The molecular formula is C12H19N3O2. The summed E-state index contributed by atoms with van der Waals surface area (Å²) in [7, 11) is 0. The molecule has 17 heavy (non-hydrogen) atoms. The average Bonchev–Trinajstić information content (AvgIpc) is 2.75. The maximum atomic E-state index is 12.1. The summed E-state index contributed by atoms with van der Waals surface area (Å²) in [5.41, 5.74) is 6.61. The standard InChI is InChI=1S/C12H19N3O2/c1-8-7-11(17-14-8)12(16)15-5-3-10(4-6-15)9(2)13/h7,9-10H,3-6,13H2,1-2H3. The fourth-order valence-electron chi connectivity index (χ4n) is 2.25. The molecular weight excluding hydrogens is 218 g/mol. The maximum Gasteiger partial charge on any atom is 0.292 e. The van der Waals surface area contributed by atoms with Gasteiger partial charge in [-0.1, -0.05) is 5.16 Å². The molecule has 0 bridgehead atoms. The summed E-state index contributed by atoms with van der Waals surface area (Å²) in [6.45, 7) is 5.35. The van der Waals surface area contributed by atoms with E-state index in [1.54, 1.807) is 6.07 Å². The molecule has 1 atom stereocenters. The van der Waals surface area contributed by atoms with Crippen LogP contribution in [0.1, 0.15) is 36.0 Å². The van der Waals surface area contributed by atoms with Gasteiger partial charge in [-0.2, -0.15) is 0 Å². The van der Waals surface area contributed by atoms with Crippen LogP contribution >= 0.6 is 0 Å². The second-order valence-corrected chi connectivity index (χ2v) is 4.82. The highest BCUT2D eigenvalue weighted by molar-refractivity contribution is 5.91. The number of hydrogen-bond acceptors (Lipinski definition) is 4. The third kappa shape index (κ3) is 2.66. The molecule has 2 N–H and O–H groups in total. The summed E-state index contributed by atoms with van der Waals surface area (Å²) >= 11 is 0. The molecule has 1 aromatic rings. The Morgan fingerprint density at radius 1 is 1.59 bits per heavy atom. The highest BCUT2D eigenvalue weighted by Gasteiger charge is 2.27. The van der Waals surface area contributed by atoms with Crippen LogP contribution in [-0.4, -0.2) is 35.1 Å². The van der Waals surface area contributed by atoms with Crippen LogP contribution in [0.4, 0.5) is 0 Å². The molecule has 0 radical (unpaired) electrons. The first kappa shape index (κ1) is 12.1. The smallest absolute Gasteiger partial charge is 0.292 e. The number of amides is 1. The minimum Gasteiger partial charge on any atom is -0.351 e. The molecule has 94 valence electrons. The van der Waals surface area contributed by atoms with Crippen molar-refractivity contribution in [2.24, 2.45) is 11.7 Å². The number of likely N-dealkylation sites (tertiary alicyclic amines) is 1. The van der Waals surface area contributed by atoms with Crippen LogP contribution in [-0.2, 0) is 0 Å². The van der Waals surface area contributed by atoms with E-state index in [1.807, 2.05) is 18.7 Å². The van der Waals surface area contributed by atoms with Crippen LogP contribution in [0.15, 0.2) is 10.6 Å². The van der Waals surface area contributed by atoms with Gasteiger partial charge in [0.05, 0.1) is 5.69 Å². The van der Waals surface area contributed by atoms with Crippen LogP contribution in [0.3, 0.4) is 0 Å². The predicted octanol–water partition coefficient (Wildman–Crippen LogP) is 1.18. The highest BCUT2D eigenvalue weighted by Crippen LogP contribution is 2.21. The number of hydrogen-bond donors (Lipinski definition) is 1. The van der Waals surface area contributed by atoms with Crippen molar-refractivity contribution >= 4 is 5.91 Å². The Morgan fingerprint density at radius 3 is 2.71 bits per heavy atom. The second kappa shape index (κ2) is 4.87. The number of piperidine rings is 1. The van der Waals surface area contributed by atoms with Crippen LogP contribution in [0.2, 0.25) is 0 Å². The molecule has 1 aliphatic heterocycles. The largest absolute Gasteiger partial charge is 0.351 e. The molecule has 2 heterocycles. The number of aryl methyl sites for hydroxylation is 1. The van der Waals surface area contributed by atoms with Gasteiger partial charge in [-0.3, -0.25) is 4.79 Å². The Bertz CT molecular complexity index is 392. The van der Waals surface area contributed by atoms with Gasteiger partial charge in [0, 0.05) is 25.2 Å². The summed E-state index contributed by atoms with van der Waals surface area (Å²) in [4.78, 5) is 13.9. The van der Waals surface area contributed by atoms with Crippen molar-refractivity contribution in [2.45, 2.75) is 32.7 Å². The first-order chi connectivity index (χ1) is 8.08. The monoisotopic (exact) mass is 237 g/mol. The second-order valence-electron chi connectivity index (χ2n) is 4.82. The average molecular weight is 237 g/mol. The first-order valence-electron chi connectivity index (χ1n) is 6.06. The van der Waals surface area contributed by atoms with Gasteiger partial charge < -0.3 is 15.2 Å². The minimum absolute atomic E-state index is 0.0614. The number of aromatic nitrogens is 1. The molecule has 0 spiro atoms. The topological polar surface area (TPSA) is 72.4 Å². The lowest BCUT2D eigenvalue weighted by molar-refractivity contribution is 0.0639. The zero-order valence-corrected chi connectivity index (χ0v) is 10.3. The van der Waals surface area contributed by atoms with E-state index in [1.165, 1.54) is 0 Å². The number of nitrogens with two attached hydrogens (primary N) is 1. The van der Waals surface area contributed by atoms with E-state index in [2.05, 4.69) is 5.16 Å². The van der Waals surface area contributed by atoms with Crippen molar-refractivity contribution in [3.8, 4) is 0 Å². The SMILES string of the molecule is Cc1cc(C(=O)N2CCC(C(C)N)CC2)on1. The first-order valence-corrected chi connectivity index (χ1v) is 6.06. The van der Waals surface area contributed by atoms with E-state index in [4.69, 9.17) is 10.3 Å². The molecule has 1 aromatic heterocycles. The quantitative estimate of drug-likeness (QED) is 0.838. The summed E-state index contributed by atoms with van der Waals surface area (Å²) < 4.78 is 4.99. The van der Waals surface area contributed by atoms with Gasteiger partial charge in [-0.15, -0.1) is 0 Å². The van der Waals surface area contributed by atoms with Crippen molar-refractivity contribution in [3.63, 3.8) is 0 Å². The molecule has 2 rings (SSSR count). The van der Waals surface area contributed by atoms with Gasteiger partial charge in [-0.05, 0) is 32.6 Å². The zero-order chi connectivity index (χ0) is 12.4. The minimum atomic E-state index is -0.0614. The molecule has 5 heteroatoms. The Balaban J connectivity index is 1.95. The number of nitrogens with zero attached hydrogens (tertiary/aromatic N) is 2. The lowest BCUT2D eigenvalue weighted by Gasteiger charge is -2.33. The van der Waals surface area contributed by atoms with Crippen molar-refractivity contribution in [3.05, 3.63) is 17.5 Å². The molecule has 1 amide bonds. The van der Waals surface area contributed by atoms with Crippen LogP contribution in [0.5, 0.6) is 0 Å². The molecule has 1 fully saturated rings. The maximum absolute atomic E-state index is 12.1. The van der Waals surface area contributed by atoms with E-state index in [-0.39, 0.29) is 11.9 Å². The summed E-state index contributed by atoms with van der Waals surface area (Å²) in [6, 6.07) is 1.89. The van der Waals surface area contributed by atoms with E-state index in [9.17, 15) is 4.79 Å². The van der Waals surface area contributed by atoms with Gasteiger partial charge in [0.25, 0.3) is 5.91 Å². The fraction of sp³-hybridized carbons (Fsp3) is 0.667. The van der Waals surface area contributed by atoms with E-state index >= 15 is 0 Å². The van der Waals surface area contributed by atoms with E-state index in [0.717, 1.165) is 31.6 Å². The zero-order valence-electron chi connectivity index (χ0n) is 10.3. The Kier molecular flexibility index (Phi) is 3.47. The molecule has 1 saturated heterocycles. The molecule has 0 aliphatic carbocycles. The van der Waals surface area contributed by atoms with Crippen LogP contribution < -0.4 is 5.73 Å². The number of carbonyl (C=O) groups is 1. The number of rotatable bonds is 2. The molecule has 0 saturated carbocycles. The molecule has 0 aromatic carbocycles. The Morgan fingerprint density at radius 2 is 2.24 bits per heavy atom. The third-order valence-corrected chi connectivity index (χ3v) is 3.41. The van der Waals surface area contributed by atoms with Crippen molar-refractivity contribution in [2.75, 3.05) is 13.1 Å². The summed E-state index contributed by atoms with van der Waals surface area (Å²) in [5.74, 6) is 0.797. The van der Waals surface area contributed by atoms with Gasteiger partial charge in [-0.25, -0.2) is 0 Å². The normalized spacial score (nSPS) is 19.4. The highest BCUT2D eigenvalue weighted by atomic mass is 16.5. The van der Waals surface area contributed by atoms with Gasteiger partial charge in [0.15, 0.2) is 0 Å². The Hall–Kier alpha value is -1.36. The van der Waals surface area contributed by atoms with E-state index < -0.39 is 0 Å². The van der Waals surface area contributed by atoms with Gasteiger partial charge >= 0.3 is 0 Å². The lowest BCUT2D eigenvalue weighted by Crippen LogP contribution is -2.42. The van der Waals surface area contributed by atoms with Crippen molar-refractivity contribution in [1.82, 2.24) is 10.1 Å². The van der Waals surface area contributed by atoms with Crippen LogP contribution in [0.25, 0.3) is 0 Å². The van der Waals surface area contributed by atoms with Crippen molar-refractivity contribution in [1.29, 1.82) is 0 Å². The predicted molar refractivity (Wildman–Crippen MR) is 63.5 cm³/mol. The van der Waals surface area contributed by atoms with Crippen LogP contribution in [0, 0.1) is 12.8 Å². The number of carbonyl (C=O) groups excluding carboxylic acids is 1. The summed E-state index contributed by atoms with van der Waals surface area (Å²) in [6.07, 6.45) is 1.94. The Labute approximate surface area is 101 Å². The van der Waals surface area contributed by atoms with Gasteiger partial charge in [0.1, 0.15) is 0 Å². The molecule has 1 unspecified atom stereocenters. The lowest BCUT2D eigenvalue weighted by atomic mass is 9.91. The van der Waals surface area contributed by atoms with Gasteiger partial charge in [0.2, 0.25) is 5.76 Å². The van der Waals surface area contributed by atoms with E-state index in [0.29, 0.717) is 11.7 Å². The third-order valence-electron chi connectivity index (χ3n) is 3.41. The fourth-order valence-corrected chi connectivity index (χ4v) is 2.25. The summed E-state index contributed by atoms with van der Waals surface area (Å²) in [5, 5.41) is 3.73. The molecule has 1 aliphatic rings. The molecule has 5 nitrogen and oxygen atoms in total. The van der Waals surface area contributed by atoms with Crippen molar-refractivity contribution < 1.29 is 9.32 Å².